The number of aryl methyl sites for hydroxylation is 1. The van der Waals surface area contributed by atoms with Gasteiger partial charge in [-0.2, -0.15) is 0 Å². The Hall–Kier alpha value is -2.76. The Morgan fingerprint density at radius 2 is 1.92 bits per heavy atom. The molecule has 1 aliphatic rings. The van der Waals surface area contributed by atoms with Crippen LogP contribution in [0.1, 0.15) is 29.0 Å². The molecule has 2 heterocycles. The second-order valence-corrected chi connectivity index (χ2v) is 6.03. The molecular formula is C19H21NO5. The quantitative estimate of drug-likeness (QED) is 0.854. The van der Waals surface area contributed by atoms with E-state index in [1.165, 1.54) is 6.07 Å². The first-order chi connectivity index (χ1) is 12.1. The van der Waals surface area contributed by atoms with Crippen molar-refractivity contribution in [1.82, 2.24) is 4.90 Å². The molecule has 1 saturated heterocycles. The largest absolute Gasteiger partial charge is 0.496 e. The highest BCUT2D eigenvalue weighted by atomic mass is 16.5. The average Bonchev–Trinajstić information content (AvgIpc) is 2.61. The van der Waals surface area contributed by atoms with E-state index in [0.717, 1.165) is 0 Å². The maximum atomic E-state index is 12.7. The lowest BCUT2D eigenvalue weighted by molar-refractivity contribution is 0.0591. The molecule has 0 radical (unpaired) electrons. The van der Waals surface area contributed by atoms with Crippen molar-refractivity contribution in [1.29, 1.82) is 0 Å². The molecule has 1 aromatic heterocycles. The minimum atomic E-state index is -0.418. The molecule has 3 rings (SSSR count). The standard InChI is InChI=1S/C19H21NO5/c1-13-11-15(12-18(21)24-13)25-14-7-9-20(10-8-14)19(22)16-5-3-4-6-17(16)23-2/h3-6,11-12,14H,7-10H2,1-2H3. The lowest BCUT2D eigenvalue weighted by Crippen LogP contribution is -2.41. The van der Waals surface area contributed by atoms with Crippen molar-refractivity contribution in [3.05, 3.63) is 58.1 Å². The van der Waals surface area contributed by atoms with Gasteiger partial charge in [-0.25, -0.2) is 4.79 Å². The number of piperidine rings is 1. The van der Waals surface area contributed by atoms with Crippen molar-refractivity contribution in [2.45, 2.75) is 25.9 Å². The van der Waals surface area contributed by atoms with Crippen molar-refractivity contribution in [2.75, 3.05) is 20.2 Å². The van der Waals surface area contributed by atoms with Crippen molar-refractivity contribution >= 4 is 5.91 Å². The van der Waals surface area contributed by atoms with Crippen LogP contribution < -0.4 is 15.1 Å². The van der Waals surface area contributed by atoms with Gasteiger partial charge in [0.25, 0.3) is 5.91 Å². The van der Waals surface area contributed by atoms with Gasteiger partial charge in [0.05, 0.1) is 18.7 Å². The third-order valence-corrected chi connectivity index (χ3v) is 4.24. The van der Waals surface area contributed by atoms with E-state index in [2.05, 4.69) is 0 Å². The SMILES string of the molecule is COc1ccccc1C(=O)N1CCC(Oc2cc(C)oc(=O)c2)CC1. The second kappa shape index (κ2) is 7.42. The van der Waals surface area contributed by atoms with Gasteiger partial charge in [0.1, 0.15) is 23.4 Å². The minimum absolute atomic E-state index is 0.0251. The zero-order valence-electron chi connectivity index (χ0n) is 14.4. The van der Waals surface area contributed by atoms with E-state index in [1.54, 1.807) is 32.2 Å². The van der Waals surface area contributed by atoms with Gasteiger partial charge in [-0.05, 0) is 19.1 Å². The fraction of sp³-hybridized carbons (Fsp3) is 0.368. The normalized spacial score (nSPS) is 15.0. The Morgan fingerprint density at radius 1 is 1.20 bits per heavy atom. The number of methoxy groups -OCH3 is 1. The topological polar surface area (TPSA) is 69.0 Å². The summed E-state index contributed by atoms with van der Waals surface area (Å²) >= 11 is 0. The summed E-state index contributed by atoms with van der Waals surface area (Å²) < 4.78 is 16.1. The third kappa shape index (κ3) is 4.02. The Balaban J connectivity index is 1.61. The number of rotatable bonds is 4. The van der Waals surface area contributed by atoms with Gasteiger partial charge in [0, 0.05) is 32.0 Å². The van der Waals surface area contributed by atoms with Crippen LogP contribution in [0.25, 0.3) is 0 Å². The van der Waals surface area contributed by atoms with Crippen LogP contribution >= 0.6 is 0 Å². The first-order valence-electron chi connectivity index (χ1n) is 8.27. The number of nitrogens with zero attached hydrogens (tertiary/aromatic N) is 1. The number of carbonyl (C=O) groups excluding carboxylic acids is 1. The van der Waals surface area contributed by atoms with Crippen LogP contribution in [0.2, 0.25) is 0 Å². The summed E-state index contributed by atoms with van der Waals surface area (Å²) in [5.74, 6) is 1.58. The number of para-hydroxylation sites is 1. The van der Waals surface area contributed by atoms with E-state index in [-0.39, 0.29) is 12.0 Å². The van der Waals surface area contributed by atoms with Gasteiger partial charge < -0.3 is 18.8 Å². The van der Waals surface area contributed by atoms with Crippen molar-refractivity contribution in [2.24, 2.45) is 0 Å². The molecule has 1 amide bonds. The van der Waals surface area contributed by atoms with E-state index < -0.39 is 5.63 Å². The molecule has 132 valence electrons. The molecule has 0 N–H and O–H groups in total. The Labute approximate surface area is 146 Å². The Kier molecular flexibility index (Phi) is 5.07. The highest BCUT2D eigenvalue weighted by molar-refractivity contribution is 5.97. The zero-order chi connectivity index (χ0) is 17.8. The number of likely N-dealkylation sites (tertiary alicyclic amines) is 1. The van der Waals surface area contributed by atoms with Crippen molar-refractivity contribution in [3.8, 4) is 11.5 Å². The Bertz CT molecular complexity index is 805. The van der Waals surface area contributed by atoms with Crippen molar-refractivity contribution in [3.63, 3.8) is 0 Å². The molecule has 0 atom stereocenters. The van der Waals surface area contributed by atoms with Crippen LogP contribution in [-0.4, -0.2) is 37.1 Å². The van der Waals surface area contributed by atoms with E-state index in [0.29, 0.717) is 48.8 Å². The predicted octanol–water partition coefficient (Wildman–Crippen LogP) is 2.64. The van der Waals surface area contributed by atoms with Gasteiger partial charge in [-0.15, -0.1) is 0 Å². The first-order valence-corrected chi connectivity index (χ1v) is 8.27. The molecule has 6 heteroatoms. The number of carbonyl (C=O) groups is 1. The van der Waals surface area contributed by atoms with E-state index in [9.17, 15) is 9.59 Å². The van der Waals surface area contributed by atoms with Gasteiger partial charge in [-0.1, -0.05) is 12.1 Å². The fourth-order valence-corrected chi connectivity index (χ4v) is 3.00. The van der Waals surface area contributed by atoms with Crippen LogP contribution in [-0.2, 0) is 0 Å². The number of benzene rings is 1. The molecule has 0 spiro atoms. The summed E-state index contributed by atoms with van der Waals surface area (Å²) in [5.41, 5.74) is 0.152. The summed E-state index contributed by atoms with van der Waals surface area (Å²) in [6.45, 7) is 2.91. The van der Waals surface area contributed by atoms with Crippen molar-refractivity contribution < 1.29 is 18.7 Å². The first kappa shape index (κ1) is 17.1. The van der Waals surface area contributed by atoms with Crippen LogP contribution in [0.4, 0.5) is 0 Å². The summed E-state index contributed by atoms with van der Waals surface area (Å²) in [5, 5.41) is 0. The molecule has 0 saturated carbocycles. The third-order valence-electron chi connectivity index (χ3n) is 4.24. The van der Waals surface area contributed by atoms with Gasteiger partial charge in [-0.3, -0.25) is 4.79 Å². The van der Waals surface area contributed by atoms with Crippen LogP contribution in [0.15, 0.2) is 45.6 Å². The molecule has 1 aliphatic heterocycles. The maximum absolute atomic E-state index is 12.7. The number of hydrogen-bond acceptors (Lipinski definition) is 5. The molecule has 1 fully saturated rings. The average molecular weight is 343 g/mol. The summed E-state index contributed by atoms with van der Waals surface area (Å²) in [6, 6.07) is 10.3. The van der Waals surface area contributed by atoms with Crippen LogP contribution in [0.3, 0.4) is 0 Å². The summed E-state index contributed by atoms with van der Waals surface area (Å²) in [4.78, 5) is 25.9. The monoisotopic (exact) mass is 343 g/mol. The second-order valence-electron chi connectivity index (χ2n) is 6.03. The minimum Gasteiger partial charge on any atom is -0.496 e. The van der Waals surface area contributed by atoms with E-state index in [4.69, 9.17) is 13.9 Å². The molecule has 6 nitrogen and oxygen atoms in total. The fourth-order valence-electron chi connectivity index (χ4n) is 3.00. The number of amides is 1. The van der Waals surface area contributed by atoms with Gasteiger partial charge in [0.2, 0.25) is 0 Å². The number of hydrogen-bond donors (Lipinski definition) is 0. The summed E-state index contributed by atoms with van der Waals surface area (Å²) in [7, 11) is 1.56. The molecular weight excluding hydrogens is 322 g/mol. The maximum Gasteiger partial charge on any atom is 0.339 e. The molecule has 1 aromatic carbocycles. The molecule has 0 aliphatic carbocycles. The molecule has 25 heavy (non-hydrogen) atoms. The van der Waals surface area contributed by atoms with Gasteiger partial charge >= 0.3 is 5.63 Å². The lowest BCUT2D eigenvalue weighted by atomic mass is 10.1. The molecule has 0 unspecified atom stereocenters. The molecule has 2 aromatic rings. The Morgan fingerprint density at radius 3 is 2.60 bits per heavy atom. The molecule has 0 bridgehead atoms. The van der Waals surface area contributed by atoms with Gasteiger partial charge in [0.15, 0.2) is 0 Å². The van der Waals surface area contributed by atoms with E-state index >= 15 is 0 Å². The smallest absolute Gasteiger partial charge is 0.339 e. The van der Waals surface area contributed by atoms with Crippen LogP contribution in [0, 0.1) is 6.92 Å². The summed E-state index contributed by atoms with van der Waals surface area (Å²) in [6.07, 6.45) is 1.39. The number of ether oxygens (including phenoxy) is 2. The highest BCUT2D eigenvalue weighted by Gasteiger charge is 2.26. The zero-order valence-corrected chi connectivity index (χ0v) is 14.4. The lowest BCUT2D eigenvalue weighted by Gasteiger charge is -2.32. The predicted molar refractivity (Wildman–Crippen MR) is 92.3 cm³/mol. The highest BCUT2D eigenvalue weighted by Crippen LogP contribution is 2.23. The van der Waals surface area contributed by atoms with Crippen LogP contribution in [0.5, 0.6) is 11.5 Å². The van der Waals surface area contributed by atoms with E-state index in [1.807, 2.05) is 17.0 Å².